The first-order valence-electron chi connectivity index (χ1n) is 2.58. The van der Waals surface area contributed by atoms with Gasteiger partial charge in [0.15, 0.2) is 0 Å². The molecule has 2 N–H and O–H groups in total. The summed E-state index contributed by atoms with van der Waals surface area (Å²) in [7, 11) is 9.92. The number of anilines is 1. The van der Waals surface area contributed by atoms with Crippen molar-refractivity contribution in [2.45, 2.75) is 0 Å². The van der Waals surface area contributed by atoms with Gasteiger partial charge in [0.05, 0.1) is 0 Å². The van der Waals surface area contributed by atoms with E-state index in [1.807, 2.05) is 30.3 Å². The summed E-state index contributed by atoms with van der Waals surface area (Å²) in [6, 6.07) is 9.49. The Balaban J connectivity index is 0.000000236. The summed E-state index contributed by atoms with van der Waals surface area (Å²) in [6.07, 6.45) is 0. The van der Waals surface area contributed by atoms with Gasteiger partial charge in [-0.2, -0.15) is 0 Å². The normalized spacial score (nSPS) is 7.40. The number of rotatable bonds is 0. The monoisotopic (exact) mass is 343 g/mol. The van der Waals surface area contributed by atoms with Crippen molar-refractivity contribution in [3.8, 4) is 0 Å². The molecule has 0 spiro atoms. The molecule has 0 amide bonds. The molecule has 0 aliphatic heterocycles. The number of hydrogen-bond donors (Lipinski definition) is 1. The Morgan fingerprint density at radius 2 is 1.50 bits per heavy atom. The number of para-hydroxylation sites is 1. The molecule has 0 aliphatic carbocycles. The molecule has 1 rings (SSSR count). The second-order valence-corrected chi connectivity index (χ2v) is 6.67. The van der Waals surface area contributed by atoms with E-state index in [0.717, 1.165) is 5.69 Å². The van der Waals surface area contributed by atoms with Crippen molar-refractivity contribution in [1.82, 2.24) is 0 Å². The first kappa shape index (κ1) is 10.5. The average molecular weight is 343 g/mol. The first-order valence-corrected chi connectivity index (χ1v) is 11.5. The quantitative estimate of drug-likeness (QED) is 0.569. The van der Waals surface area contributed by atoms with Crippen molar-refractivity contribution in [2.75, 3.05) is 5.73 Å². The van der Waals surface area contributed by atoms with Crippen LogP contribution in [0.3, 0.4) is 0 Å². The molecular weight excluding hydrogens is 335 g/mol. The van der Waals surface area contributed by atoms with Crippen LogP contribution in [-0.2, 0) is 20.5 Å². The van der Waals surface area contributed by atoms with E-state index >= 15 is 0 Å². The van der Waals surface area contributed by atoms with Gasteiger partial charge in [-0.3, -0.25) is 0 Å². The molecule has 0 heterocycles. The van der Waals surface area contributed by atoms with Gasteiger partial charge in [-0.05, 0) is 12.1 Å². The number of hydrogen-bond acceptors (Lipinski definition) is 1. The third-order valence-electron chi connectivity index (χ3n) is 0.800. The second-order valence-electron chi connectivity index (χ2n) is 1.48. The Morgan fingerprint density at radius 3 is 1.70 bits per heavy atom. The third-order valence-corrected chi connectivity index (χ3v) is 0.800. The van der Waals surface area contributed by atoms with Gasteiger partial charge in [-0.1, -0.05) is 18.2 Å². The van der Waals surface area contributed by atoms with Crippen LogP contribution >= 0.6 is 17.2 Å². The molecule has 0 fully saturated rings. The van der Waals surface area contributed by atoms with Gasteiger partial charge in [0.25, 0.3) is 0 Å². The van der Waals surface area contributed by atoms with Crippen molar-refractivity contribution in [2.24, 2.45) is 0 Å². The summed E-state index contributed by atoms with van der Waals surface area (Å²) in [5.41, 5.74) is 6.18. The average Bonchev–Trinajstić information content (AvgIpc) is 1.91. The van der Waals surface area contributed by atoms with Crippen molar-refractivity contribution in [3.05, 3.63) is 30.3 Å². The number of nitrogens with two attached hydrogens (primary N) is 1. The predicted octanol–water partition coefficient (Wildman–Crippen LogP) is 2.65. The van der Waals surface area contributed by atoms with Crippen LogP contribution in [0.15, 0.2) is 30.3 Å². The van der Waals surface area contributed by atoms with Gasteiger partial charge in [0.1, 0.15) is 0 Å². The van der Waals surface area contributed by atoms with E-state index in [2.05, 4.69) is 0 Å². The maximum atomic E-state index is 5.36. The zero-order valence-electron chi connectivity index (χ0n) is 5.22. The van der Waals surface area contributed by atoms with E-state index in [9.17, 15) is 0 Å². The zero-order chi connectivity index (χ0) is 7.82. The topological polar surface area (TPSA) is 26.0 Å². The van der Waals surface area contributed by atoms with Gasteiger partial charge in [-0.15, -0.1) is 0 Å². The fraction of sp³-hybridized carbons (Fsp3) is 0. The van der Waals surface area contributed by atoms with Crippen molar-refractivity contribution < 1.29 is 20.5 Å². The van der Waals surface area contributed by atoms with Crippen LogP contribution in [0.4, 0.5) is 5.69 Å². The number of benzene rings is 1. The van der Waals surface area contributed by atoms with Crippen molar-refractivity contribution in [3.63, 3.8) is 0 Å². The summed E-state index contributed by atoms with van der Waals surface area (Å²) < 4.78 is 0. The predicted molar refractivity (Wildman–Crippen MR) is 42.6 cm³/mol. The molecule has 10 heavy (non-hydrogen) atoms. The summed E-state index contributed by atoms with van der Waals surface area (Å²) in [5.74, 6) is 0. The van der Waals surface area contributed by atoms with Crippen LogP contribution in [-0.4, -0.2) is 0 Å². The molecule has 1 aromatic rings. The van der Waals surface area contributed by atoms with Crippen LogP contribution in [0.5, 0.6) is 0 Å². The Labute approximate surface area is 79.0 Å². The number of halogens is 2. The van der Waals surface area contributed by atoms with Gasteiger partial charge in [0, 0.05) is 5.69 Å². The SMILES string of the molecule is Nc1ccccc1.[Cl][Hf][Cl]. The van der Waals surface area contributed by atoms with Crippen LogP contribution in [0.25, 0.3) is 0 Å². The molecule has 0 radical (unpaired) electrons. The Bertz CT molecular complexity index is 157. The maximum absolute atomic E-state index is 5.36. The van der Waals surface area contributed by atoms with Crippen LogP contribution < -0.4 is 5.73 Å². The summed E-state index contributed by atoms with van der Waals surface area (Å²) >= 11 is -0.972. The van der Waals surface area contributed by atoms with Gasteiger partial charge in [-0.25, -0.2) is 0 Å². The molecule has 0 saturated heterocycles. The van der Waals surface area contributed by atoms with Gasteiger partial charge in [0.2, 0.25) is 0 Å². The van der Waals surface area contributed by atoms with E-state index in [0.29, 0.717) is 0 Å². The van der Waals surface area contributed by atoms with Gasteiger partial charge < -0.3 is 5.73 Å². The number of nitrogen functional groups attached to an aromatic ring is 1. The molecule has 0 saturated carbocycles. The molecule has 54 valence electrons. The fourth-order valence-corrected chi connectivity index (χ4v) is 0.453. The minimum absolute atomic E-state index is 0.822. The molecule has 4 heteroatoms. The Hall–Kier alpha value is 0.470. The summed E-state index contributed by atoms with van der Waals surface area (Å²) in [5, 5.41) is 0. The van der Waals surface area contributed by atoms with E-state index < -0.39 is 20.5 Å². The van der Waals surface area contributed by atoms with Crippen molar-refractivity contribution >= 4 is 22.8 Å². The Kier molecular flexibility index (Phi) is 7.93. The molecule has 1 aromatic carbocycles. The fourth-order valence-electron chi connectivity index (χ4n) is 0.453. The molecule has 1 nitrogen and oxygen atoms in total. The van der Waals surface area contributed by atoms with E-state index in [-0.39, 0.29) is 0 Å². The minimum atomic E-state index is -0.972. The van der Waals surface area contributed by atoms with Crippen LogP contribution in [0.1, 0.15) is 0 Å². The van der Waals surface area contributed by atoms with E-state index in [1.54, 1.807) is 0 Å². The molecule has 0 unspecified atom stereocenters. The molecule has 0 atom stereocenters. The van der Waals surface area contributed by atoms with Crippen molar-refractivity contribution in [1.29, 1.82) is 0 Å². The van der Waals surface area contributed by atoms with Crippen LogP contribution in [0, 0.1) is 0 Å². The standard InChI is InChI=1S/C6H7N.2ClH.Hf/c7-6-4-2-1-3-5-6;;;/h1-5H,7H2;2*1H;/q;;;+2/p-2. The third kappa shape index (κ3) is 6.59. The second kappa shape index (κ2) is 7.58. The molecule has 0 bridgehead atoms. The molecule has 0 aromatic heterocycles. The molecular formula is C6H7Cl2HfN. The summed E-state index contributed by atoms with van der Waals surface area (Å²) in [4.78, 5) is 0. The van der Waals surface area contributed by atoms with Crippen LogP contribution in [0.2, 0.25) is 0 Å². The zero-order valence-corrected chi connectivity index (χ0v) is 10.3. The van der Waals surface area contributed by atoms with Gasteiger partial charge >= 0.3 is 37.7 Å². The van der Waals surface area contributed by atoms with E-state index in [1.165, 1.54) is 0 Å². The summed E-state index contributed by atoms with van der Waals surface area (Å²) in [6.45, 7) is 0. The van der Waals surface area contributed by atoms with E-state index in [4.69, 9.17) is 22.9 Å². The first-order chi connectivity index (χ1) is 4.81. The Morgan fingerprint density at radius 1 is 1.10 bits per heavy atom. The molecule has 0 aliphatic rings.